The fraction of sp³-hybridized carbons (Fsp3) is 0.0588. The molecule has 0 fully saturated rings. The number of aromatic amines is 1. The van der Waals surface area contributed by atoms with E-state index in [1.54, 1.807) is 5.41 Å². The van der Waals surface area contributed by atoms with Gasteiger partial charge in [0.15, 0.2) is 0 Å². The molecule has 0 saturated heterocycles. The van der Waals surface area contributed by atoms with Gasteiger partial charge in [0.2, 0.25) is 5.91 Å². The van der Waals surface area contributed by atoms with Gasteiger partial charge < -0.3 is 4.98 Å². The second-order valence-electron chi connectivity index (χ2n) is 5.04. The first-order valence-electron chi connectivity index (χ1n) is 7.09. The summed E-state index contributed by atoms with van der Waals surface area (Å²) in [5, 5.41) is 2.55. The molecule has 0 aliphatic heterocycles. The maximum absolute atomic E-state index is 11.1. The van der Waals surface area contributed by atoms with Crippen LogP contribution in [-0.4, -0.2) is 15.9 Å². The third-order valence-electron chi connectivity index (χ3n) is 3.43. The van der Waals surface area contributed by atoms with Crippen molar-refractivity contribution in [2.75, 3.05) is 0 Å². The Morgan fingerprint density at radius 1 is 1.22 bits per heavy atom. The Labute approximate surface area is 139 Å². The first kappa shape index (κ1) is 15.2. The Morgan fingerprint density at radius 2 is 2.00 bits per heavy atom. The molecule has 6 heteroatoms. The molecule has 2 heterocycles. The Kier molecular flexibility index (Phi) is 4.34. The first-order chi connectivity index (χ1) is 11.2. The van der Waals surface area contributed by atoms with Crippen LogP contribution in [0.1, 0.15) is 12.5 Å². The van der Waals surface area contributed by atoms with Crippen molar-refractivity contribution in [3.8, 4) is 11.1 Å². The maximum atomic E-state index is 11.1. The van der Waals surface area contributed by atoms with E-state index in [4.69, 9.17) is 0 Å². The fourth-order valence-corrected chi connectivity index (χ4v) is 2.54. The molecule has 1 aromatic carbocycles. The van der Waals surface area contributed by atoms with Crippen molar-refractivity contribution in [1.29, 1.82) is 0 Å². The van der Waals surface area contributed by atoms with Crippen LogP contribution in [0.4, 0.5) is 0 Å². The number of fused-ring (bicyclic) bond motifs is 1. The molecular weight excluding hydrogens is 308 g/mol. The number of thiol groups is 1. The number of rotatable bonds is 4. The molecule has 3 N–H and O–H groups in total. The van der Waals surface area contributed by atoms with E-state index in [2.05, 4.69) is 39.5 Å². The topological polar surface area (TPSA) is 69.8 Å². The minimum atomic E-state index is -0.180. The molecule has 0 spiro atoms. The number of hydrogen-bond donors (Lipinski definition) is 4. The molecule has 0 radical (unpaired) electrons. The first-order valence-corrected chi connectivity index (χ1v) is 7.60. The van der Waals surface area contributed by atoms with Crippen molar-refractivity contribution in [3.63, 3.8) is 0 Å². The number of pyridine rings is 1. The van der Waals surface area contributed by atoms with Crippen molar-refractivity contribution >= 4 is 35.3 Å². The van der Waals surface area contributed by atoms with Gasteiger partial charge in [-0.3, -0.25) is 15.6 Å². The average molecular weight is 324 g/mol. The Hall–Kier alpha value is -2.73. The van der Waals surface area contributed by atoms with Crippen molar-refractivity contribution in [1.82, 2.24) is 20.8 Å². The summed E-state index contributed by atoms with van der Waals surface area (Å²) in [6.45, 7) is 1.44. The predicted molar refractivity (Wildman–Crippen MR) is 95.4 cm³/mol. The number of nitrogens with zero attached hydrogens (tertiary/aromatic N) is 1. The second kappa shape index (κ2) is 6.58. The van der Waals surface area contributed by atoms with Crippen LogP contribution in [0.25, 0.3) is 27.9 Å². The summed E-state index contributed by atoms with van der Waals surface area (Å²) >= 11 is 4.22. The minimum absolute atomic E-state index is 0.180. The van der Waals surface area contributed by atoms with E-state index in [0.717, 1.165) is 27.7 Å². The lowest BCUT2D eigenvalue weighted by atomic mass is 10.1. The summed E-state index contributed by atoms with van der Waals surface area (Å²) in [4.78, 5) is 18.7. The highest BCUT2D eigenvalue weighted by molar-refractivity contribution is 7.83. The molecule has 0 unspecified atom stereocenters. The zero-order chi connectivity index (χ0) is 16.2. The molecule has 5 nitrogen and oxygen atoms in total. The van der Waals surface area contributed by atoms with Gasteiger partial charge in [-0.2, -0.15) is 0 Å². The highest BCUT2D eigenvalue weighted by Gasteiger charge is 2.11. The number of nitrogens with one attached hydrogen (secondary N) is 3. The monoisotopic (exact) mass is 324 g/mol. The second-order valence-corrected chi connectivity index (χ2v) is 5.30. The number of hydrazine groups is 1. The molecule has 0 aliphatic rings. The number of aromatic nitrogens is 2. The van der Waals surface area contributed by atoms with E-state index >= 15 is 0 Å². The summed E-state index contributed by atoms with van der Waals surface area (Å²) in [6, 6.07) is 12.1. The predicted octanol–water partition coefficient (Wildman–Crippen LogP) is 3.10. The Balaban J connectivity index is 2.03. The molecule has 2 aromatic heterocycles. The van der Waals surface area contributed by atoms with Crippen molar-refractivity contribution in [3.05, 3.63) is 59.8 Å². The Bertz CT molecular complexity index is 871. The molecule has 0 bridgehead atoms. The number of carbonyl (C=O) groups excluding carboxylic acids is 1. The minimum Gasteiger partial charge on any atom is -0.345 e. The molecule has 0 atom stereocenters. The summed E-state index contributed by atoms with van der Waals surface area (Å²) in [7, 11) is 0. The van der Waals surface area contributed by atoms with Gasteiger partial charge in [-0.15, -0.1) is 12.6 Å². The van der Waals surface area contributed by atoms with Gasteiger partial charge in [-0.05, 0) is 17.0 Å². The van der Waals surface area contributed by atoms with E-state index in [1.807, 2.05) is 42.7 Å². The zero-order valence-electron chi connectivity index (χ0n) is 12.5. The van der Waals surface area contributed by atoms with E-state index < -0.39 is 0 Å². The number of hydrogen-bond acceptors (Lipinski definition) is 4. The van der Waals surface area contributed by atoms with Crippen molar-refractivity contribution < 1.29 is 4.79 Å². The Morgan fingerprint density at radius 3 is 2.70 bits per heavy atom. The molecular formula is C17H16N4OS. The smallest absolute Gasteiger partial charge is 0.235 e. The van der Waals surface area contributed by atoms with E-state index in [1.165, 1.54) is 6.92 Å². The van der Waals surface area contributed by atoms with Gasteiger partial charge in [-0.1, -0.05) is 30.3 Å². The molecule has 3 rings (SSSR count). The largest absolute Gasteiger partial charge is 0.345 e. The summed E-state index contributed by atoms with van der Waals surface area (Å²) < 4.78 is 0. The number of benzene rings is 1. The van der Waals surface area contributed by atoms with Crippen LogP contribution in [0.2, 0.25) is 0 Å². The highest BCUT2D eigenvalue weighted by Crippen LogP contribution is 2.27. The van der Waals surface area contributed by atoms with Crippen LogP contribution in [-0.2, 0) is 4.79 Å². The lowest BCUT2D eigenvalue weighted by Gasteiger charge is -2.10. The van der Waals surface area contributed by atoms with E-state index in [-0.39, 0.29) is 5.91 Å². The molecule has 116 valence electrons. The van der Waals surface area contributed by atoms with Crippen LogP contribution >= 0.6 is 12.6 Å². The quantitative estimate of drug-likeness (QED) is 0.440. The highest BCUT2D eigenvalue weighted by atomic mass is 32.1. The van der Waals surface area contributed by atoms with Gasteiger partial charge in [0.05, 0.1) is 5.70 Å². The van der Waals surface area contributed by atoms with Crippen LogP contribution < -0.4 is 10.9 Å². The lowest BCUT2D eigenvalue weighted by molar-refractivity contribution is -0.119. The third-order valence-corrected chi connectivity index (χ3v) is 3.69. The molecule has 23 heavy (non-hydrogen) atoms. The summed E-state index contributed by atoms with van der Waals surface area (Å²) in [5.74, 6) is -0.180. The third kappa shape index (κ3) is 3.22. The van der Waals surface area contributed by atoms with Gasteiger partial charge in [-0.25, -0.2) is 4.98 Å². The van der Waals surface area contributed by atoms with Gasteiger partial charge in [0.1, 0.15) is 5.65 Å². The summed E-state index contributed by atoms with van der Waals surface area (Å²) in [5.41, 5.74) is 9.88. The molecule has 1 amide bonds. The van der Waals surface area contributed by atoms with Crippen LogP contribution in [0.3, 0.4) is 0 Å². The van der Waals surface area contributed by atoms with E-state index in [9.17, 15) is 4.79 Å². The number of carbonyl (C=O) groups is 1. The maximum Gasteiger partial charge on any atom is 0.235 e. The van der Waals surface area contributed by atoms with Crippen molar-refractivity contribution in [2.45, 2.75) is 6.92 Å². The SMILES string of the molecule is CC(=O)NN/C(=C\S)c1c[nH]c2ncc(-c3ccccc3)cc12. The standard InChI is InChI=1S/C17H16N4OS/c1-11(22)20-21-16(10-23)15-9-19-17-14(15)7-13(8-18-17)12-5-3-2-4-6-12/h2-10,21,23H,1H3,(H,18,19)(H,20,22)/b16-10-. The average Bonchev–Trinajstić information content (AvgIpc) is 2.99. The van der Waals surface area contributed by atoms with Gasteiger partial charge in [0, 0.05) is 35.8 Å². The van der Waals surface area contributed by atoms with Crippen LogP contribution in [0, 0.1) is 0 Å². The molecule has 0 saturated carbocycles. The number of H-pyrrole nitrogens is 1. The summed E-state index contributed by atoms with van der Waals surface area (Å²) in [6.07, 6.45) is 3.67. The lowest BCUT2D eigenvalue weighted by Crippen LogP contribution is -2.34. The van der Waals surface area contributed by atoms with Gasteiger partial charge in [0.25, 0.3) is 0 Å². The van der Waals surface area contributed by atoms with Crippen LogP contribution in [0.5, 0.6) is 0 Å². The molecule has 3 aromatic rings. The zero-order valence-corrected chi connectivity index (χ0v) is 13.4. The molecule has 0 aliphatic carbocycles. The van der Waals surface area contributed by atoms with Crippen molar-refractivity contribution in [2.24, 2.45) is 0 Å². The van der Waals surface area contributed by atoms with Crippen LogP contribution in [0.15, 0.2) is 54.2 Å². The van der Waals surface area contributed by atoms with E-state index in [0.29, 0.717) is 5.70 Å². The van der Waals surface area contributed by atoms with Gasteiger partial charge >= 0.3 is 0 Å². The normalized spacial score (nSPS) is 11.5. The fourth-order valence-electron chi connectivity index (χ4n) is 2.34. The number of amides is 1.